The molecule has 1 saturated carbocycles. The molecule has 2 aliphatic rings. The Balaban J connectivity index is 1.40. The molecule has 0 bridgehead atoms. The first-order valence-electron chi connectivity index (χ1n) is 12.2. The molecule has 2 amide bonds. The van der Waals surface area contributed by atoms with Gasteiger partial charge >= 0.3 is 0 Å². The topological polar surface area (TPSA) is 92.7 Å². The zero-order valence-electron chi connectivity index (χ0n) is 20.8. The fourth-order valence-electron chi connectivity index (χ4n) is 4.94. The van der Waals surface area contributed by atoms with Gasteiger partial charge in [-0.2, -0.15) is 0 Å². The summed E-state index contributed by atoms with van der Waals surface area (Å²) < 4.78 is 13.5. The van der Waals surface area contributed by atoms with Crippen molar-refractivity contribution in [2.24, 2.45) is 11.1 Å². The summed E-state index contributed by atoms with van der Waals surface area (Å²) in [6.45, 7) is 7.34. The van der Waals surface area contributed by atoms with Gasteiger partial charge in [0.25, 0.3) is 5.91 Å². The van der Waals surface area contributed by atoms with Crippen molar-refractivity contribution in [2.45, 2.75) is 78.5 Å². The zero-order valence-corrected chi connectivity index (χ0v) is 20.8. The summed E-state index contributed by atoms with van der Waals surface area (Å²) in [5.41, 5.74) is 4.93. The molecular formula is C27H33FN4O3. The van der Waals surface area contributed by atoms with Crippen LogP contribution in [0.4, 0.5) is 4.39 Å². The third-order valence-electron chi connectivity index (χ3n) is 7.13. The molecule has 1 atom stereocenters. The van der Waals surface area contributed by atoms with Gasteiger partial charge in [0.1, 0.15) is 17.6 Å². The highest BCUT2D eigenvalue weighted by molar-refractivity contribution is 6.03. The van der Waals surface area contributed by atoms with Gasteiger partial charge in [-0.05, 0) is 81.2 Å². The van der Waals surface area contributed by atoms with Crippen LogP contribution in [0.25, 0.3) is 0 Å². The Morgan fingerprint density at radius 2 is 1.86 bits per heavy atom. The van der Waals surface area contributed by atoms with Crippen LogP contribution in [0.5, 0.6) is 0 Å². The molecular weight excluding hydrogens is 447 g/mol. The number of pyridine rings is 1. The number of carbonyl (C=O) groups is 2. The number of halogens is 1. The van der Waals surface area contributed by atoms with Gasteiger partial charge in [-0.25, -0.2) is 4.39 Å². The predicted molar refractivity (Wildman–Crippen MR) is 132 cm³/mol. The monoisotopic (exact) mass is 480 g/mol. The summed E-state index contributed by atoms with van der Waals surface area (Å²) in [5, 5.41) is 10.3. The van der Waals surface area contributed by atoms with E-state index in [1.54, 1.807) is 32.0 Å². The minimum absolute atomic E-state index is 0.00863. The average molecular weight is 481 g/mol. The molecule has 0 spiro atoms. The lowest BCUT2D eigenvalue weighted by atomic mass is 9.81. The van der Waals surface area contributed by atoms with Crippen molar-refractivity contribution in [1.29, 1.82) is 0 Å². The highest BCUT2D eigenvalue weighted by Gasteiger charge is 2.34. The minimum Gasteiger partial charge on any atom is -0.391 e. The standard InChI is InChI=1S/C27H33FN4O3/c1-15-11-19(5-10-23(15)28)14-29-27(34)22-12-24(30-17(3)16(22)2)25-13-26(35-32-25)20-6-8-21(9-7-20)31-18(4)33/h5,10-12,20-21,26H,6-9,13-14H2,1-4H3,(H,29,34)(H,31,33). The van der Waals surface area contributed by atoms with E-state index in [1.807, 2.05) is 13.8 Å². The fraction of sp³-hybridized carbons (Fsp3) is 0.481. The molecule has 1 aromatic carbocycles. The van der Waals surface area contributed by atoms with Gasteiger partial charge in [0.2, 0.25) is 5.91 Å². The van der Waals surface area contributed by atoms with Crippen LogP contribution in [0.1, 0.15) is 77.5 Å². The summed E-state index contributed by atoms with van der Waals surface area (Å²) in [5.74, 6) is -0.0631. The van der Waals surface area contributed by atoms with Crippen LogP contribution in [0.15, 0.2) is 29.4 Å². The average Bonchev–Trinajstić information content (AvgIpc) is 3.32. The van der Waals surface area contributed by atoms with Gasteiger partial charge in [-0.1, -0.05) is 17.3 Å². The second-order valence-corrected chi connectivity index (χ2v) is 9.73. The molecule has 35 heavy (non-hydrogen) atoms. The van der Waals surface area contributed by atoms with E-state index in [1.165, 1.54) is 6.07 Å². The summed E-state index contributed by atoms with van der Waals surface area (Å²) in [6, 6.07) is 6.85. The van der Waals surface area contributed by atoms with Crippen LogP contribution in [-0.2, 0) is 16.2 Å². The Morgan fingerprint density at radius 1 is 1.11 bits per heavy atom. The molecule has 186 valence electrons. The van der Waals surface area contributed by atoms with Crippen LogP contribution in [0, 0.1) is 32.5 Å². The summed E-state index contributed by atoms with van der Waals surface area (Å²) in [6.07, 6.45) is 4.50. The van der Waals surface area contributed by atoms with Crippen molar-refractivity contribution in [3.63, 3.8) is 0 Å². The highest BCUT2D eigenvalue weighted by Crippen LogP contribution is 2.33. The molecule has 2 heterocycles. The molecule has 1 unspecified atom stereocenters. The maximum atomic E-state index is 13.5. The van der Waals surface area contributed by atoms with E-state index in [-0.39, 0.29) is 29.8 Å². The molecule has 8 heteroatoms. The van der Waals surface area contributed by atoms with Gasteiger partial charge in [0, 0.05) is 37.2 Å². The summed E-state index contributed by atoms with van der Waals surface area (Å²) >= 11 is 0. The van der Waals surface area contributed by atoms with Gasteiger partial charge in [0.05, 0.1) is 5.69 Å². The lowest BCUT2D eigenvalue weighted by Gasteiger charge is -2.31. The third-order valence-corrected chi connectivity index (χ3v) is 7.13. The number of amides is 2. The van der Waals surface area contributed by atoms with Crippen molar-refractivity contribution in [2.75, 3.05) is 0 Å². The number of benzene rings is 1. The maximum Gasteiger partial charge on any atom is 0.251 e. The Morgan fingerprint density at radius 3 is 2.54 bits per heavy atom. The number of nitrogens with zero attached hydrogens (tertiary/aromatic N) is 2. The van der Waals surface area contributed by atoms with Crippen LogP contribution in [-0.4, -0.2) is 34.7 Å². The molecule has 1 aliphatic carbocycles. The van der Waals surface area contributed by atoms with Gasteiger partial charge in [-0.15, -0.1) is 0 Å². The number of oxime groups is 1. The fourth-order valence-corrected chi connectivity index (χ4v) is 4.94. The zero-order chi connectivity index (χ0) is 25.1. The molecule has 2 N–H and O–H groups in total. The number of hydrogen-bond donors (Lipinski definition) is 2. The van der Waals surface area contributed by atoms with E-state index in [0.29, 0.717) is 35.7 Å². The van der Waals surface area contributed by atoms with Gasteiger partial charge in [-0.3, -0.25) is 14.6 Å². The third kappa shape index (κ3) is 5.86. The number of aromatic nitrogens is 1. The van der Waals surface area contributed by atoms with E-state index in [4.69, 9.17) is 4.84 Å². The smallest absolute Gasteiger partial charge is 0.251 e. The van der Waals surface area contributed by atoms with Crippen molar-refractivity contribution in [1.82, 2.24) is 15.6 Å². The molecule has 1 fully saturated rings. The molecule has 4 rings (SSSR count). The normalized spacial score (nSPS) is 21.7. The summed E-state index contributed by atoms with van der Waals surface area (Å²) in [7, 11) is 0. The number of hydrogen-bond acceptors (Lipinski definition) is 5. The number of carbonyl (C=O) groups excluding carboxylic acids is 2. The first kappa shape index (κ1) is 24.8. The Labute approximate surface area is 205 Å². The first-order valence-corrected chi connectivity index (χ1v) is 12.2. The van der Waals surface area contributed by atoms with Gasteiger partial charge in [0.15, 0.2) is 0 Å². The molecule has 0 saturated heterocycles. The molecule has 0 radical (unpaired) electrons. The Kier molecular flexibility index (Phi) is 7.48. The molecule has 1 aromatic heterocycles. The minimum atomic E-state index is -0.260. The van der Waals surface area contributed by atoms with Crippen molar-refractivity contribution >= 4 is 17.5 Å². The van der Waals surface area contributed by atoms with Crippen LogP contribution in [0.3, 0.4) is 0 Å². The van der Waals surface area contributed by atoms with Crippen molar-refractivity contribution in [3.05, 3.63) is 63.7 Å². The second kappa shape index (κ2) is 10.5. The SMILES string of the molecule is CC(=O)NC1CCC(C2CC(c3cc(C(=O)NCc4ccc(F)c(C)c4)c(C)c(C)n3)=NO2)CC1. The lowest BCUT2D eigenvalue weighted by Crippen LogP contribution is -2.38. The number of rotatable bonds is 6. The highest BCUT2D eigenvalue weighted by atomic mass is 19.1. The first-order chi connectivity index (χ1) is 16.7. The molecule has 7 nitrogen and oxygen atoms in total. The van der Waals surface area contributed by atoms with E-state index in [2.05, 4.69) is 20.8 Å². The molecule has 2 aromatic rings. The van der Waals surface area contributed by atoms with Crippen molar-refractivity contribution < 1.29 is 18.8 Å². The van der Waals surface area contributed by atoms with Gasteiger partial charge < -0.3 is 15.5 Å². The lowest BCUT2D eigenvalue weighted by molar-refractivity contribution is -0.120. The Bertz CT molecular complexity index is 1160. The maximum absolute atomic E-state index is 13.5. The predicted octanol–water partition coefficient (Wildman–Crippen LogP) is 4.26. The largest absolute Gasteiger partial charge is 0.391 e. The molecule has 1 aliphatic heterocycles. The van der Waals surface area contributed by atoms with E-state index in [9.17, 15) is 14.0 Å². The van der Waals surface area contributed by atoms with E-state index < -0.39 is 0 Å². The number of aryl methyl sites for hydroxylation is 2. The van der Waals surface area contributed by atoms with Crippen molar-refractivity contribution in [3.8, 4) is 0 Å². The van der Waals surface area contributed by atoms with Crippen LogP contribution < -0.4 is 10.6 Å². The quantitative estimate of drug-likeness (QED) is 0.646. The van der Waals surface area contributed by atoms with E-state index in [0.717, 1.165) is 48.2 Å². The Hall–Kier alpha value is -3.29. The van der Waals surface area contributed by atoms with Crippen LogP contribution >= 0.6 is 0 Å². The summed E-state index contributed by atoms with van der Waals surface area (Å²) in [4.78, 5) is 34.8. The number of nitrogens with one attached hydrogen (secondary N) is 2. The van der Waals surface area contributed by atoms with E-state index >= 15 is 0 Å². The van der Waals surface area contributed by atoms with Crippen LogP contribution in [0.2, 0.25) is 0 Å². The second-order valence-electron chi connectivity index (χ2n) is 9.73.